The molecule has 0 spiro atoms. The van der Waals surface area contributed by atoms with Crippen LogP contribution < -0.4 is 10.1 Å². The zero-order chi connectivity index (χ0) is 13.3. The molecule has 1 N–H and O–H groups in total. The summed E-state index contributed by atoms with van der Waals surface area (Å²) in [5, 5.41) is 4.47. The highest BCUT2D eigenvalue weighted by Gasteiger charge is 2.30. The van der Waals surface area contributed by atoms with Gasteiger partial charge in [-0.2, -0.15) is 0 Å². The Balaban J connectivity index is 2.52. The van der Waals surface area contributed by atoms with Crippen molar-refractivity contribution in [1.29, 1.82) is 0 Å². The summed E-state index contributed by atoms with van der Waals surface area (Å²) in [4.78, 5) is 0.297. The molecule has 0 aliphatic carbocycles. The van der Waals surface area contributed by atoms with Crippen LogP contribution in [0.1, 0.15) is 18.9 Å². The third kappa shape index (κ3) is 2.15. The molecular weight excluding hydrogens is 250 g/mol. The molecule has 0 aromatic heterocycles. The van der Waals surface area contributed by atoms with Gasteiger partial charge in [-0.15, -0.1) is 0 Å². The van der Waals surface area contributed by atoms with Gasteiger partial charge >= 0.3 is 0 Å². The number of fused-ring (bicyclic) bond motifs is 1. The van der Waals surface area contributed by atoms with Gasteiger partial charge in [0.15, 0.2) is 0 Å². The fourth-order valence-electron chi connectivity index (χ4n) is 2.12. The first-order valence-electron chi connectivity index (χ1n) is 5.80. The third-order valence-corrected chi connectivity index (χ3v) is 4.73. The summed E-state index contributed by atoms with van der Waals surface area (Å²) in [7, 11) is -0.0184. The average Bonchev–Trinajstić information content (AvgIpc) is 2.61. The van der Waals surface area contributed by atoms with E-state index in [9.17, 15) is 8.42 Å². The predicted molar refractivity (Wildman–Crippen MR) is 71.3 cm³/mol. The normalized spacial score (nSPS) is 18.1. The van der Waals surface area contributed by atoms with E-state index in [1.54, 1.807) is 6.07 Å². The van der Waals surface area contributed by atoms with E-state index >= 15 is 0 Å². The minimum Gasteiger partial charge on any atom is -0.495 e. The van der Waals surface area contributed by atoms with Crippen LogP contribution >= 0.6 is 0 Å². The molecule has 1 aromatic rings. The van der Waals surface area contributed by atoms with Crippen LogP contribution in [0, 0.1) is 0 Å². The number of nitrogens with one attached hydrogen (secondary N) is 1. The van der Waals surface area contributed by atoms with Gasteiger partial charge in [0.05, 0.1) is 7.11 Å². The van der Waals surface area contributed by atoms with Crippen molar-refractivity contribution in [2.45, 2.75) is 24.3 Å². The molecular formula is C13H17NO3S. The second-order valence-corrected chi connectivity index (χ2v) is 6.15. The van der Waals surface area contributed by atoms with Crippen molar-refractivity contribution in [3.05, 3.63) is 29.2 Å². The van der Waals surface area contributed by atoms with E-state index in [2.05, 4.69) is 5.32 Å². The summed E-state index contributed by atoms with van der Waals surface area (Å²) in [5.74, 6) is 0.413. The largest absolute Gasteiger partial charge is 0.495 e. The lowest BCUT2D eigenvalue weighted by Gasteiger charge is -2.12. The van der Waals surface area contributed by atoms with Crippen LogP contribution in [0.2, 0.25) is 0 Å². The topological polar surface area (TPSA) is 55.4 Å². The number of ether oxygens (including phenoxy) is 1. The van der Waals surface area contributed by atoms with Crippen LogP contribution in [0.3, 0.4) is 0 Å². The Bertz CT molecular complexity index is 590. The fourth-order valence-corrected chi connectivity index (χ4v) is 3.78. The van der Waals surface area contributed by atoms with Crippen LogP contribution in [0.5, 0.6) is 5.75 Å². The van der Waals surface area contributed by atoms with Crippen molar-refractivity contribution in [1.82, 2.24) is 5.32 Å². The molecule has 18 heavy (non-hydrogen) atoms. The van der Waals surface area contributed by atoms with Crippen molar-refractivity contribution in [2.24, 2.45) is 0 Å². The lowest BCUT2D eigenvalue weighted by atomic mass is 10.0. The second-order valence-electron chi connectivity index (χ2n) is 4.42. The summed E-state index contributed by atoms with van der Waals surface area (Å²) in [6.07, 6.45) is 0.676. The molecule has 1 heterocycles. The van der Waals surface area contributed by atoms with Crippen LogP contribution in [0.25, 0.3) is 5.57 Å². The van der Waals surface area contributed by atoms with E-state index in [0.29, 0.717) is 17.1 Å². The molecule has 1 aliphatic rings. The second kappa shape index (κ2) is 4.74. The SMILES string of the molecule is CNC(C)CC1=CS(=O)(=O)c2c(OC)cccc21. The highest BCUT2D eigenvalue weighted by Crippen LogP contribution is 2.40. The minimum absolute atomic E-state index is 0.226. The van der Waals surface area contributed by atoms with Crippen molar-refractivity contribution in [2.75, 3.05) is 14.2 Å². The van der Waals surface area contributed by atoms with E-state index in [1.165, 1.54) is 12.5 Å². The van der Waals surface area contributed by atoms with Gasteiger partial charge in [0, 0.05) is 17.0 Å². The van der Waals surface area contributed by atoms with Crippen LogP contribution in [-0.4, -0.2) is 28.6 Å². The molecule has 0 saturated carbocycles. The molecule has 2 rings (SSSR count). The molecule has 0 amide bonds. The fraction of sp³-hybridized carbons (Fsp3) is 0.385. The highest BCUT2D eigenvalue weighted by atomic mass is 32.2. The van der Waals surface area contributed by atoms with E-state index < -0.39 is 9.84 Å². The summed E-state index contributed by atoms with van der Waals surface area (Å²) in [6.45, 7) is 2.02. The molecule has 98 valence electrons. The monoisotopic (exact) mass is 267 g/mol. The first-order chi connectivity index (χ1) is 8.49. The van der Waals surface area contributed by atoms with Crippen LogP contribution in [-0.2, 0) is 9.84 Å². The number of methoxy groups -OCH3 is 1. The van der Waals surface area contributed by atoms with E-state index in [4.69, 9.17) is 4.74 Å². The Labute approximate surface area is 108 Å². The van der Waals surface area contributed by atoms with Crippen molar-refractivity contribution in [3.63, 3.8) is 0 Å². The Morgan fingerprint density at radius 1 is 1.39 bits per heavy atom. The average molecular weight is 267 g/mol. The third-order valence-electron chi connectivity index (χ3n) is 3.15. The maximum atomic E-state index is 12.1. The molecule has 0 saturated heterocycles. The Hall–Kier alpha value is -1.33. The Morgan fingerprint density at radius 3 is 2.72 bits per heavy atom. The summed E-state index contributed by atoms with van der Waals surface area (Å²) < 4.78 is 29.4. The van der Waals surface area contributed by atoms with Gasteiger partial charge in [0.2, 0.25) is 9.84 Å². The number of rotatable bonds is 4. The van der Waals surface area contributed by atoms with Gasteiger partial charge in [-0.25, -0.2) is 8.42 Å². The van der Waals surface area contributed by atoms with Gasteiger partial charge in [0.1, 0.15) is 10.6 Å². The van der Waals surface area contributed by atoms with Crippen LogP contribution in [0.15, 0.2) is 28.5 Å². The van der Waals surface area contributed by atoms with E-state index in [-0.39, 0.29) is 6.04 Å². The molecule has 0 bridgehead atoms. The lowest BCUT2D eigenvalue weighted by Crippen LogP contribution is -2.21. The smallest absolute Gasteiger partial charge is 0.204 e. The van der Waals surface area contributed by atoms with Gasteiger partial charge in [-0.3, -0.25) is 0 Å². The van der Waals surface area contributed by atoms with E-state index in [1.807, 2.05) is 26.1 Å². The quantitative estimate of drug-likeness (QED) is 0.904. The number of hydrogen-bond donors (Lipinski definition) is 1. The van der Waals surface area contributed by atoms with Crippen LogP contribution in [0.4, 0.5) is 0 Å². The number of hydrogen-bond acceptors (Lipinski definition) is 4. The molecule has 1 aliphatic heterocycles. The molecule has 1 atom stereocenters. The standard InChI is InChI=1S/C13H17NO3S/c1-9(14-2)7-10-8-18(15,16)13-11(10)5-4-6-12(13)17-3/h4-6,8-9,14H,7H2,1-3H3. The Morgan fingerprint density at radius 2 is 2.11 bits per heavy atom. The zero-order valence-electron chi connectivity index (χ0n) is 10.7. The highest BCUT2D eigenvalue weighted by molar-refractivity contribution is 7.95. The summed E-state index contributed by atoms with van der Waals surface area (Å²) >= 11 is 0. The first kappa shape index (κ1) is 13.1. The van der Waals surface area contributed by atoms with Gasteiger partial charge in [-0.1, -0.05) is 12.1 Å². The van der Waals surface area contributed by atoms with Crippen molar-refractivity contribution >= 4 is 15.4 Å². The summed E-state index contributed by atoms with van der Waals surface area (Å²) in [5.41, 5.74) is 1.60. The van der Waals surface area contributed by atoms with Gasteiger partial charge in [-0.05, 0) is 32.0 Å². The molecule has 1 aromatic carbocycles. The minimum atomic E-state index is -3.37. The summed E-state index contributed by atoms with van der Waals surface area (Å²) in [6, 6.07) is 5.55. The molecule has 1 unspecified atom stereocenters. The number of sulfone groups is 1. The van der Waals surface area contributed by atoms with Crippen molar-refractivity contribution in [3.8, 4) is 5.75 Å². The van der Waals surface area contributed by atoms with E-state index in [0.717, 1.165) is 11.1 Å². The maximum Gasteiger partial charge on any atom is 0.204 e. The number of benzene rings is 1. The van der Waals surface area contributed by atoms with Gasteiger partial charge in [0.25, 0.3) is 0 Å². The molecule has 0 fully saturated rings. The van der Waals surface area contributed by atoms with Crippen molar-refractivity contribution < 1.29 is 13.2 Å². The molecule has 4 nitrogen and oxygen atoms in total. The molecule has 5 heteroatoms. The maximum absolute atomic E-state index is 12.1. The first-order valence-corrected chi connectivity index (χ1v) is 7.34. The van der Waals surface area contributed by atoms with Gasteiger partial charge < -0.3 is 10.1 Å². The molecule has 0 radical (unpaired) electrons. The predicted octanol–water partition coefficient (Wildman–Crippen LogP) is 1.82. The Kier molecular flexibility index (Phi) is 3.45. The lowest BCUT2D eigenvalue weighted by molar-refractivity contribution is 0.403. The zero-order valence-corrected chi connectivity index (χ0v) is 11.5.